The number of carbonyl (C=O) groups excluding carboxylic acids is 2. The summed E-state index contributed by atoms with van der Waals surface area (Å²) in [5.74, 6) is 0.275. The molecular weight excluding hydrogens is 264 g/mol. The summed E-state index contributed by atoms with van der Waals surface area (Å²) in [5.41, 5.74) is 3.98. The fourth-order valence-electron chi connectivity index (χ4n) is 3.29. The molecule has 1 aliphatic carbocycles. The Balaban J connectivity index is 1.58. The molecule has 0 spiro atoms. The van der Waals surface area contributed by atoms with Crippen LogP contribution < -0.4 is 0 Å². The Morgan fingerprint density at radius 2 is 1.67 bits per heavy atom. The Morgan fingerprint density at radius 3 is 2.38 bits per heavy atom. The number of amides is 2. The van der Waals surface area contributed by atoms with Crippen molar-refractivity contribution in [2.75, 3.05) is 26.2 Å². The summed E-state index contributed by atoms with van der Waals surface area (Å²) in [6.07, 6.45) is 4.04. The molecule has 3 rings (SSSR count). The van der Waals surface area contributed by atoms with E-state index in [4.69, 9.17) is 0 Å². The molecule has 2 aliphatic rings. The molecule has 0 unspecified atom stereocenters. The number of carbonyl (C=O) groups is 2. The number of nitrogens with zero attached hydrogens (tertiary/aromatic N) is 2. The number of benzene rings is 1. The molecule has 1 heterocycles. The summed E-state index contributed by atoms with van der Waals surface area (Å²) in [5, 5.41) is 0. The van der Waals surface area contributed by atoms with Crippen molar-refractivity contribution in [2.45, 2.75) is 32.6 Å². The average Bonchev–Trinajstić information content (AvgIpc) is 2.95. The summed E-state index contributed by atoms with van der Waals surface area (Å²) >= 11 is 0. The van der Waals surface area contributed by atoms with Gasteiger partial charge in [0.2, 0.25) is 11.8 Å². The highest BCUT2D eigenvalue weighted by Gasteiger charge is 2.22. The third kappa shape index (κ3) is 3.09. The zero-order chi connectivity index (χ0) is 14.8. The Bertz CT molecular complexity index is 560. The van der Waals surface area contributed by atoms with Gasteiger partial charge >= 0.3 is 0 Å². The maximum atomic E-state index is 12.4. The van der Waals surface area contributed by atoms with Crippen LogP contribution >= 0.6 is 0 Å². The summed E-state index contributed by atoms with van der Waals surface area (Å²) in [6.45, 7) is 4.21. The fourth-order valence-corrected chi connectivity index (χ4v) is 3.29. The van der Waals surface area contributed by atoms with E-state index in [0.29, 0.717) is 32.6 Å². The Kier molecular flexibility index (Phi) is 3.95. The number of aryl methyl sites for hydroxylation is 2. The zero-order valence-electron chi connectivity index (χ0n) is 12.6. The van der Waals surface area contributed by atoms with Gasteiger partial charge in [0.25, 0.3) is 0 Å². The van der Waals surface area contributed by atoms with Crippen LogP contribution in [0.3, 0.4) is 0 Å². The maximum Gasteiger partial charge on any atom is 0.227 e. The first-order valence-electron chi connectivity index (χ1n) is 7.77. The number of piperazine rings is 1. The van der Waals surface area contributed by atoms with Gasteiger partial charge in [-0.2, -0.15) is 0 Å². The quantitative estimate of drug-likeness (QED) is 0.825. The SMILES string of the molecule is CC(=O)N1CCN(C(=O)Cc2ccc3c(c2)CCC3)CC1. The number of hydrogen-bond donors (Lipinski definition) is 0. The van der Waals surface area contributed by atoms with Crippen molar-refractivity contribution in [1.29, 1.82) is 0 Å². The molecule has 0 N–H and O–H groups in total. The molecule has 0 atom stereocenters. The average molecular weight is 286 g/mol. The molecule has 1 aliphatic heterocycles. The maximum absolute atomic E-state index is 12.4. The number of rotatable bonds is 2. The van der Waals surface area contributed by atoms with Crippen molar-refractivity contribution in [1.82, 2.24) is 9.80 Å². The molecule has 21 heavy (non-hydrogen) atoms. The van der Waals surface area contributed by atoms with E-state index in [1.54, 1.807) is 11.8 Å². The van der Waals surface area contributed by atoms with Gasteiger partial charge in [-0.05, 0) is 36.0 Å². The van der Waals surface area contributed by atoms with Gasteiger partial charge in [0, 0.05) is 33.1 Å². The van der Waals surface area contributed by atoms with Crippen molar-refractivity contribution in [2.24, 2.45) is 0 Å². The summed E-state index contributed by atoms with van der Waals surface area (Å²) in [7, 11) is 0. The molecule has 1 saturated heterocycles. The molecule has 1 aromatic carbocycles. The molecule has 0 aromatic heterocycles. The van der Waals surface area contributed by atoms with E-state index in [2.05, 4.69) is 18.2 Å². The predicted octanol–water partition coefficient (Wildman–Crippen LogP) is 1.41. The highest BCUT2D eigenvalue weighted by atomic mass is 16.2. The third-order valence-electron chi connectivity index (χ3n) is 4.60. The van der Waals surface area contributed by atoms with E-state index >= 15 is 0 Å². The van der Waals surface area contributed by atoms with E-state index in [-0.39, 0.29) is 11.8 Å². The minimum Gasteiger partial charge on any atom is -0.339 e. The smallest absolute Gasteiger partial charge is 0.227 e. The van der Waals surface area contributed by atoms with Crippen LogP contribution in [0.2, 0.25) is 0 Å². The van der Waals surface area contributed by atoms with Crippen molar-refractivity contribution in [3.8, 4) is 0 Å². The summed E-state index contributed by atoms with van der Waals surface area (Å²) in [4.78, 5) is 27.4. The van der Waals surface area contributed by atoms with E-state index in [1.165, 1.54) is 24.0 Å². The van der Waals surface area contributed by atoms with E-state index in [1.807, 2.05) is 4.90 Å². The Hall–Kier alpha value is -1.84. The standard InChI is InChI=1S/C17H22N2O2/c1-13(20)18-7-9-19(10-8-18)17(21)12-14-5-6-15-3-2-4-16(15)11-14/h5-6,11H,2-4,7-10,12H2,1H3. The molecule has 1 fully saturated rings. The second-order valence-corrected chi connectivity index (χ2v) is 6.02. The molecule has 4 nitrogen and oxygen atoms in total. The zero-order valence-corrected chi connectivity index (χ0v) is 12.6. The lowest BCUT2D eigenvalue weighted by Gasteiger charge is -2.34. The van der Waals surface area contributed by atoms with Crippen LogP contribution in [0.4, 0.5) is 0 Å². The molecule has 0 bridgehead atoms. The normalized spacial score (nSPS) is 17.8. The summed E-state index contributed by atoms with van der Waals surface area (Å²) in [6, 6.07) is 6.47. The van der Waals surface area contributed by atoms with Gasteiger partial charge in [-0.1, -0.05) is 18.2 Å². The first-order chi connectivity index (χ1) is 10.1. The van der Waals surface area contributed by atoms with Gasteiger partial charge in [-0.3, -0.25) is 9.59 Å². The van der Waals surface area contributed by atoms with Crippen LogP contribution in [0.25, 0.3) is 0 Å². The molecule has 2 amide bonds. The second-order valence-electron chi connectivity index (χ2n) is 6.02. The van der Waals surface area contributed by atoms with Gasteiger partial charge < -0.3 is 9.80 Å². The molecule has 112 valence electrons. The fraction of sp³-hybridized carbons (Fsp3) is 0.529. The molecule has 0 saturated carbocycles. The minimum absolute atomic E-state index is 0.0979. The van der Waals surface area contributed by atoms with E-state index in [9.17, 15) is 9.59 Å². The Morgan fingerprint density at radius 1 is 1.00 bits per heavy atom. The van der Waals surface area contributed by atoms with Crippen LogP contribution in [0, 0.1) is 0 Å². The third-order valence-corrected chi connectivity index (χ3v) is 4.60. The van der Waals surface area contributed by atoms with Crippen molar-refractivity contribution in [3.05, 3.63) is 34.9 Å². The van der Waals surface area contributed by atoms with Gasteiger partial charge in [-0.25, -0.2) is 0 Å². The molecular formula is C17H22N2O2. The lowest BCUT2D eigenvalue weighted by molar-refractivity contribution is -0.138. The van der Waals surface area contributed by atoms with Gasteiger partial charge in [0.1, 0.15) is 0 Å². The lowest BCUT2D eigenvalue weighted by atomic mass is 10.0. The van der Waals surface area contributed by atoms with Crippen molar-refractivity contribution < 1.29 is 9.59 Å². The Labute approximate surface area is 125 Å². The lowest BCUT2D eigenvalue weighted by Crippen LogP contribution is -2.50. The van der Waals surface area contributed by atoms with Crippen molar-refractivity contribution >= 4 is 11.8 Å². The van der Waals surface area contributed by atoms with E-state index < -0.39 is 0 Å². The largest absolute Gasteiger partial charge is 0.339 e. The number of fused-ring (bicyclic) bond motifs is 1. The highest BCUT2D eigenvalue weighted by molar-refractivity contribution is 5.79. The van der Waals surface area contributed by atoms with Gasteiger partial charge in [-0.15, -0.1) is 0 Å². The second kappa shape index (κ2) is 5.88. The number of hydrogen-bond acceptors (Lipinski definition) is 2. The molecule has 1 aromatic rings. The molecule has 4 heteroatoms. The first-order valence-corrected chi connectivity index (χ1v) is 7.77. The van der Waals surface area contributed by atoms with Gasteiger partial charge in [0.05, 0.1) is 6.42 Å². The molecule has 0 radical (unpaired) electrons. The minimum atomic E-state index is 0.0979. The van der Waals surface area contributed by atoms with Crippen LogP contribution in [0.1, 0.15) is 30.0 Å². The summed E-state index contributed by atoms with van der Waals surface area (Å²) < 4.78 is 0. The highest BCUT2D eigenvalue weighted by Crippen LogP contribution is 2.23. The van der Waals surface area contributed by atoms with Crippen LogP contribution in [-0.2, 0) is 28.9 Å². The van der Waals surface area contributed by atoms with Crippen LogP contribution in [-0.4, -0.2) is 47.8 Å². The van der Waals surface area contributed by atoms with Crippen molar-refractivity contribution in [3.63, 3.8) is 0 Å². The predicted molar refractivity (Wildman–Crippen MR) is 81.0 cm³/mol. The van der Waals surface area contributed by atoms with Gasteiger partial charge in [0.15, 0.2) is 0 Å². The first kappa shape index (κ1) is 14.1. The van der Waals surface area contributed by atoms with E-state index in [0.717, 1.165) is 12.0 Å². The topological polar surface area (TPSA) is 40.6 Å². The van der Waals surface area contributed by atoms with Crippen LogP contribution in [0.5, 0.6) is 0 Å². The monoisotopic (exact) mass is 286 g/mol. The van der Waals surface area contributed by atoms with Crippen LogP contribution in [0.15, 0.2) is 18.2 Å².